The van der Waals surface area contributed by atoms with Gasteiger partial charge < -0.3 is 82.8 Å². The van der Waals surface area contributed by atoms with Crippen LogP contribution in [0.25, 0.3) is 32.1 Å². The van der Waals surface area contributed by atoms with Crippen molar-refractivity contribution >= 4 is 110 Å². The molecule has 4 unspecified atom stereocenters. The second-order valence-electron chi connectivity index (χ2n) is 33.1. The number of nitrogens with two attached hydrogens (primary N) is 2. The Morgan fingerprint density at radius 3 is 1.32 bits per heavy atom. The van der Waals surface area contributed by atoms with Crippen molar-refractivity contribution < 1.29 is 59.2 Å². The van der Waals surface area contributed by atoms with Crippen LogP contribution in [-0.4, -0.2) is 236 Å². The van der Waals surface area contributed by atoms with Crippen LogP contribution in [0.5, 0.6) is 11.5 Å². The number of nitrogens with zero attached hydrogens (tertiary/aromatic N) is 12. The lowest BCUT2D eigenvalue weighted by Gasteiger charge is -2.42. The summed E-state index contributed by atoms with van der Waals surface area (Å²) in [6.07, 6.45) is 2.22. The Kier molecular flexibility index (Phi) is 26.9. The molecule has 6 aliphatic rings. The lowest BCUT2D eigenvalue weighted by molar-refractivity contribution is -0.144. The Morgan fingerprint density at radius 1 is 0.543 bits per heavy atom. The van der Waals surface area contributed by atoms with Crippen molar-refractivity contribution in [1.82, 2.24) is 71.2 Å². The number of likely N-dealkylation sites (tertiary alicyclic amines) is 2. The summed E-state index contributed by atoms with van der Waals surface area (Å²) in [6, 6.07) is 28.9. The molecule has 8 aromatic rings. The number of halogens is 1. The van der Waals surface area contributed by atoms with Crippen molar-refractivity contribution in [2.24, 2.45) is 10.8 Å². The van der Waals surface area contributed by atoms with Crippen LogP contribution < -0.4 is 48.0 Å². The van der Waals surface area contributed by atoms with E-state index in [9.17, 15) is 44.1 Å². The van der Waals surface area contributed by atoms with E-state index in [1.54, 1.807) is 53.0 Å². The molecular weight excluding hydrogens is 1580 g/mol. The molecule has 116 heavy (non-hydrogen) atoms. The number of nitrogens with one attached hydrogen (secondary N) is 4. The van der Waals surface area contributed by atoms with Crippen LogP contribution in [0.15, 0.2) is 125 Å². The Labute approximate surface area is 691 Å². The number of rotatable bonds is 20. The molecule has 6 saturated heterocycles. The summed E-state index contributed by atoms with van der Waals surface area (Å²) in [4.78, 5) is 106. The topological polar surface area (TPSA) is 421 Å². The molecule has 616 valence electrons. The van der Waals surface area contributed by atoms with Crippen molar-refractivity contribution in [2.45, 2.75) is 180 Å². The first-order chi connectivity index (χ1) is 55.1. The van der Waals surface area contributed by atoms with E-state index in [1.807, 2.05) is 147 Å². The standard InChI is InChI=1S/C41H51N9O5S.C35H46BrN9O4S.C6H7BO3/c1-23(25-10-12-26(13-11-25)36-24(2)43-22-56-36)44-39(54)33-16-29(51)20-50(33)40(55)37(41(3,4)5)45-35(53)21-49-27-14-15-28(49)19-48(18-27)32-17-31(46-47-38(32)42)30-8-6-7-9-34(30)52;1-19(21-6-8-22(9-7-21)30-20(2)38-18-50-30)39-33(48)27-12-25(46)16-45(27)34(49)31(35(3,4)5)40-29(47)17-44-23-10-11-24(44)15-43(14-23)26-13-28(36)41-42-32(26)37;8-6-4-2-1-3-5(6)7(9)10/h6-13,17,22-23,27-29,33,37,51-52H,14-16,18-21H2,1-5H3,(H2,42,47)(H,44,54)(H,45,53);6-9,13,18-19,23-25,27,31,46H,10-12,14-17H2,1-5H3,(H2,37,42)(H,39,48)(H,40,47);1-4,8-10H/t23-,27?,28?,29+,33-,37+;19-,23?,24?,25+,27-,31+;/m00./s1. The number of hydrogen-bond acceptors (Lipinski definition) is 26. The van der Waals surface area contributed by atoms with Gasteiger partial charge in [0.2, 0.25) is 35.4 Å². The fourth-order valence-corrected chi connectivity index (χ4v) is 18.4. The molecule has 0 aliphatic carbocycles. The summed E-state index contributed by atoms with van der Waals surface area (Å²) >= 11 is 6.55. The summed E-state index contributed by atoms with van der Waals surface area (Å²) < 4.78 is 0.612. The predicted molar refractivity (Wildman–Crippen MR) is 450 cm³/mol. The molecular formula is C82H104BBrN18O12S2. The van der Waals surface area contributed by atoms with Crippen molar-refractivity contribution in [3.63, 3.8) is 0 Å². The quantitative estimate of drug-likeness (QED) is 0.0376. The van der Waals surface area contributed by atoms with E-state index in [4.69, 9.17) is 26.6 Å². The van der Waals surface area contributed by atoms with E-state index in [-0.39, 0.29) is 122 Å². The first-order valence-corrected chi connectivity index (χ1v) is 41.7. The number of β-amino-alcohol motifs (C(OH)–C–C–N with tert-alkyl or cyclic N) is 2. The number of carbonyl (C=O) groups excluding carboxylic acids is 6. The van der Waals surface area contributed by atoms with Crippen molar-refractivity contribution in [1.29, 1.82) is 0 Å². The first-order valence-electron chi connectivity index (χ1n) is 39.1. The minimum absolute atomic E-state index is 0.00134. The van der Waals surface area contributed by atoms with Gasteiger partial charge in [-0.3, -0.25) is 38.6 Å². The minimum atomic E-state index is -1.60. The van der Waals surface area contributed by atoms with Gasteiger partial charge in [-0.2, -0.15) is 0 Å². The number of benzene rings is 4. The van der Waals surface area contributed by atoms with Crippen molar-refractivity contribution in [3.8, 4) is 43.6 Å². The summed E-state index contributed by atoms with van der Waals surface area (Å²) in [7, 11) is -1.60. The molecule has 0 saturated carbocycles. The number of amides is 6. The number of hydrogen-bond donors (Lipinski definition) is 12. The first kappa shape index (κ1) is 85.6. The van der Waals surface area contributed by atoms with Crippen LogP contribution in [0.1, 0.15) is 129 Å². The smallest absolute Gasteiger partial charge is 0.492 e. The van der Waals surface area contributed by atoms with Gasteiger partial charge in [0.05, 0.1) is 86.6 Å². The molecule has 10 heterocycles. The molecule has 12 atom stereocenters. The number of phenols is 2. The highest BCUT2D eigenvalue weighted by atomic mass is 79.9. The monoisotopic (exact) mass is 1690 g/mol. The van der Waals surface area contributed by atoms with Gasteiger partial charge in [-0.05, 0) is 133 Å². The molecule has 6 fully saturated rings. The zero-order valence-electron chi connectivity index (χ0n) is 66.8. The molecule has 4 aromatic heterocycles. The predicted octanol–water partition coefficient (Wildman–Crippen LogP) is 6.23. The number of carbonyl (C=O) groups is 6. The van der Waals surface area contributed by atoms with Gasteiger partial charge >= 0.3 is 7.12 Å². The Balaban J connectivity index is 0.000000192. The zero-order chi connectivity index (χ0) is 83.4. The van der Waals surface area contributed by atoms with E-state index in [1.165, 1.54) is 21.9 Å². The zero-order valence-corrected chi connectivity index (χ0v) is 70.0. The van der Waals surface area contributed by atoms with Crippen LogP contribution in [-0.2, 0) is 28.8 Å². The number of thiazole rings is 2. The highest BCUT2D eigenvalue weighted by Gasteiger charge is 2.49. The van der Waals surface area contributed by atoms with Crippen LogP contribution in [0.3, 0.4) is 0 Å². The van der Waals surface area contributed by atoms with E-state index in [2.05, 4.69) is 87.2 Å². The molecule has 34 heteroatoms. The van der Waals surface area contributed by atoms with Crippen LogP contribution >= 0.6 is 38.6 Å². The number of aliphatic hydroxyl groups is 2. The summed E-state index contributed by atoms with van der Waals surface area (Å²) in [6.45, 7) is 22.0. The number of anilines is 4. The number of nitrogen functional groups attached to an aromatic ring is 2. The molecule has 6 amide bonds. The molecule has 0 radical (unpaired) electrons. The maximum atomic E-state index is 14.3. The number of aliphatic hydroxyl groups excluding tert-OH is 2. The average molecular weight is 1690 g/mol. The number of aromatic nitrogens is 6. The van der Waals surface area contributed by atoms with Crippen LogP contribution in [0.2, 0.25) is 0 Å². The van der Waals surface area contributed by atoms with Gasteiger partial charge in [0.25, 0.3) is 0 Å². The molecule has 30 nitrogen and oxygen atoms in total. The number of para-hydroxylation sites is 2. The molecule has 14 N–H and O–H groups in total. The molecule has 6 aliphatic heterocycles. The van der Waals surface area contributed by atoms with Gasteiger partial charge in [-0.1, -0.05) is 120 Å². The minimum Gasteiger partial charge on any atom is -0.508 e. The third-order valence-electron chi connectivity index (χ3n) is 22.7. The van der Waals surface area contributed by atoms with E-state index < -0.39 is 60.2 Å². The highest BCUT2D eigenvalue weighted by molar-refractivity contribution is 9.10. The maximum Gasteiger partial charge on any atom is 0.492 e. The second-order valence-corrected chi connectivity index (χ2v) is 35.6. The van der Waals surface area contributed by atoms with Gasteiger partial charge in [0, 0.05) is 87.3 Å². The number of phenolic OH excluding ortho intramolecular Hbond substituents is 2. The van der Waals surface area contributed by atoms with E-state index in [0.29, 0.717) is 53.7 Å². The Hall–Kier alpha value is -9.78. The molecule has 4 aromatic carbocycles. The van der Waals surface area contributed by atoms with Gasteiger partial charge in [0.15, 0.2) is 11.6 Å². The van der Waals surface area contributed by atoms with E-state index >= 15 is 0 Å². The number of fused-ring (bicyclic) bond motifs is 4. The Morgan fingerprint density at radius 2 is 0.940 bits per heavy atom. The summed E-state index contributed by atoms with van der Waals surface area (Å²) in [5.74, 6) is -1.31. The summed E-state index contributed by atoms with van der Waals surface area (Å²) in [5.41, 5.74) is 23.4. The third-order valence-corrected chi connectivity index (χ3v) is 25.0. The van der Waals surface area contributed by atoms with Crippen LogP contribution in [0.4, 0.5) is 23.0 Å². The SMILES string of the molecule is Cc1ncsc1-c1ccc([C@H](C)NC(=O)[C@@H]2C[C@@H](O)CN2C(=O)[C@@H](NC(=O)CN2C3CCC2CN(c2cc(-c4ccccc4O)nnc2N)C3)C(C)(C)C)cc1.Cc1ncsc1-c1ccc([C@H](C)NC(=O)[C@@H]2C[C@@H](O)CN2C(=O)[C@@H](NC(=O)CN2C3CCC2CN(c2cc(Br)nnc2N)C3)C(C)(C)C)cc1.OB(O)c1ccccc1O. The molecule has 0 spiro atoms. The van der Waals surface area contributed by atoms with Gasteiger partial charge in [0.1, 0.15) is 40.3 Å². The molecule has 4 bridgehead atoms. The largest absolute Gasteiger partial charge is 0.508 e. The third kappa shape index (κ3) is 19.9. The second kappa shape index (κ2) is 36.4. The maximum absolute atomic E-state index is 14.3. The Bertz CT molecular complexity index is 4810. The highest BCUT2D eigenvalue weighted by Crippen LogP contribution is 2.40. The number of aryl methyl sites for hydroxylation is 2. The van der Waals surface area contributed by atoms with E-state index in [0.717, 1.165) is 80.5 Å². The number of aromatic hydroxyl groups is 2. The lowest BCUT2D eigenvalue weighted by Crippen LogP contribution is -2.60. The normalized spacial score (nSPS) is 21.6. The van der Waals surface area contributed by atoms with Crippen molar-refractivity contribution in [2.75, 3.05) is 73.6 Å². The molecule has 14 rings (SSSR count). The fourth-order valence-electron chi connectivity index (χ4n) is 16.5. The van der Waals surface area contributed by atoms with Crippen LogP contribution in [0, 0.1) is 24.7 Å². The number of piperazine rings is 2. The van der Waals surface area contributed by atoms with Gasteiger partial charge in [-0.25, -0.2) is 9.97 Å². The van der Waals surface area contributed by atoms with Gasteiger partial charge in [-0.15, -0.1) is 43.1 Å². The lowest BCUT2D eigenvalue weighted by atomic mass is 9.80. The summed E-state index contributed by atoms with van der Waals surface area (Å²) in [5, 5.41) is 86.5. The van der Waals surface area contributed by atoms with Crippen molar-refractivity contribution in [3.05, 3.63) is 147 Å². The fraction of sp³-hybridized carbons (Fsp3) is 0.463. The average Bonchev–Trinajstić information content (AvgIpc) is 1.61.